The molecular formula is C31H30N2O4. The number of benzene rings is 4. The SMILES string of the molecule is C[C@H]1[C@@H](c2ccccc2)OC(=O)N(C(=O)[C@@H](Cc2ccccc2)[C@H](O)c2cccc3ccccc23)N1C. The second-order valence-corrected chi connectivity index (χ2v) is 9.49. The van der Waals surface area contributed by atoms with Gasteiger partial charge in [0.2, 0.25) is 0 Å². The van der Waals surface area contributed by atoms with E-state index >= 15 is 0 Å². The quantitative estimate of drug-likeness (QED) is 0.373. The number of carbonyl (C=O) groups excluding carboxylic acids is 2. The number of aliphatic hydroxyl groups is 1. The van der Waals surface area contributed by atoms with E-state index in [9.17, 15) is 14.7 Å². The number of fused-ring (bicyclic) bond motifs is 1. The van der Waals surface area contributed by atoms with Crippen LogP contribution in [0.3, 0.4) is 0 Å². The molecule has 0 aliphatic carbocycles. The Hall–Kier alpha value is -4.00. The maximum absolute atomic E-state index is 14.1. The van der Waals surface area contributed by atoms with Gasteiger partial charge in [0.25, 0.3) is 5.91 Å². The maximum Gasteiger partial charge on any atom is 0.432 e. The number of ether oxygens (including phenoxy) is 1. The average molecular weight is 495 g/mol. The van der Waals surface area contributed by atoms with Crippen molar-refractivity contribution in [2.24, 2.45) is 5.92 Å². The number of rotatable bonds is 6. The summed E-state index contributed by atoms with van der Waals surface area (Å²) < 4.78 is 5.79. The summed E-state index contributed by atoms with van der Waals surface area (Å²) in [6.07, 6.45) is -2.14. The Morgan fingerprint density at radius 2 is 1.51 bits per heavy atom. The van der Waals surface area contributed by atoms with Crippen LogP contribution < -0.4 is 0 Å². The van der Waals surface area contributed by atoms with Crippen molar-refractivity contribution in [3.05, 3.63) is 120 Å². The lowest BCUT2D eigenvalue weighted by Gasteiger charge is -2.44. The van der Waals surface area contributed by atoms with Crippen LogP contribution in [0.5, 0.6) is 0 Å². The Labute approximate surface area is 216 Å². The molecule has 6 nitrogen and oxygen atoms in total. The highest BCUT2D eigenvalue weighted by atomic mass is 16.6. The third kappa shape index (κ3) is 4.86. The van der Waals surface area contributed by atoms with E-state index in [0.29, 0.717) is 5.56 Å². The molecule has 1 fully saturated rings. The van der Waals surface area contributed by atoms with Crippen LogP contribution in [0.15, 0.2) is 103 Å². The van der Waals surface area contributed by atoms with E-state index in [4.69, 9.17) is 4.74 Å². The molecule has 1 N–H and O–H groups in total. The Morgan fingerprint density at radius 1 is 0.892 bits per heavy atom. The Kier molecular flexibility index (Phi) is 7.04. The van der Waals surface area contributed by atoms with Gasteiger partial charge in [0.05, 0.1) is 18.1 Å². The standard InChI is InChI=1S/C31H30N2O4/c1-21-29(24-15-7-4-8-16-24)37-31(36)33(32(21)2)30(35)27(20-22-12-5-3-6-13-22)28(34)26-19-11-17-23-14-9-10-18-25(23)26/h3-19,21,27-29,34H,20H2,1-2H3/t21-,27-,28+,29-/m0/s1. The van der Waals surface area contributed by atoms with Gasteiger partial charge in [-0.05, 0) is 40.8 Å². The molecule has 2 amide bonds. The molecule has 4 aromatic carbocycles. The molecule has 0 unspecified atom stereocenters. The highest BCUT2D eigenvalue weighted by molar-refractivity contribution is 5.94. The lowest BCUT2D eigenvalue weighted by molar-refractivity contribution is -0.170. The molecular weight excluding hydrogens is 464 g/mol. The maximum atomic E-state index is 14.1. The molecule has 0 bridgehead atoms. The number of likely N-dealkylation sites (N-methyl/N-ethyl adjacent to an activating group) is 1. The third-order valence-electron chi connectivity index (χ3n) is 7.22. The predicted octanol–water partition coefficient (Wildman–Crippen LogP) is 5.69. The van der Waals surface area contributed by atoms with Crippen molar-refractivity contribution in [3.63, 3.8) is 0 Å². The van der Waals surface area contributed by atoms with E-state index in [1.807, 2.05) is 110 Å². The van der Waals surface area contributed by atoms with Gasteiger partial charge in [0.15, 0.2) is 0 Å². The molecule has 0 spiro atoms. The third-order valence-corrected chi connectivity index (χ3v) is 7.22. The van der Waals surface area contributed by atoms with Crippen molar-refractivity contribution in [2.75, 3.05) is 7.05 Å². The van der Waals surface area contributed by atoms with Crippen LogP contribution in [0.4, 0.5) is 4.79 Å². The van der Waals surface area contributed by atoms with Gasteiger partial charge in [-0.25, -0.2) is 9.80 Å². The van der Waals surface area contributed by atoms with Crippen LogP contribution in [0.25, 0.3) is 10.8 Å². The summed E-state index contributed by atoms with van der Waals surface area (Å²) in [6.45, 7) is 1.91. The van der Waals surface area contributed by atoms with Crippen LogP contribution >= 0.6 is 0 Å². The van der Waals surface area contributed by atoms with Gasteiger partial charge in [0, 0.05) is 7.05 Å². The van der Waals surface area contributed by atoms with Crippen LogP contribution in [0.2, 0.25) is 0 Å². The monoisotopic (exact) mass is 494 g/mol. The summed E-state index contributed by atoms with van der Waals surface area (Å²) in [6, 6.07) is 32.2. The van der Waals surface area contributed by atoms with Crippen molar-refractivity contribution in [1.29, 1.82) is 0 Å². The van der Waals surface area contributed by atoms with Crippen LogP contribution in [0, 0.1) is 5.92 Å². The second-order valence-electron chi connectivity index (χ2n) is 9.49. The molecule has 1 aliphatic heterocycles. The van der Waals surface area contributed by atoms with Crippen LogP contribution in [0.1, 0.15) is 35.8 Å². The number of amides is 2. The minimum Gasteiger partial charge on any atom is -0.438 e. The van der Waals surface area contributed by atoms with E-state index < -0.39 is 30.1 Å². The summed E-state index contributed by atoms with van der Waals surface area (Å²) in [4.78, 5) is 27.3. The highest BCUT2D eigenvalue weighted by Gasteiger charge is 2.45. The van der Waals surface area contributed by atoms with Crippen molar-refractivity contribution in [1.82, 2.24) is 10.0 Å². The molecule has 5 rings (SSSR count). The fourth-order valence-electron chi connectivity index (χ4n) is 5.08. The Bertz CT molecular complexity index is 1390. The van der Waals surface area contributed by atoms with Gasteiger partial charge in [-0.1, -0.05) is 103 Å². The Balaban J connectivity index is 1.50. The molecule has 6 heteroatoms. The van der Waals surface area contributed by atoms with Gasteiger partial charge in [-0.3, -0.25) is 4.79 Å². The van der Waals surface area contributed by atoms with Crippen molar-refractivity contribution < 1.29 is 19.4 Å². The molecule has 37 heavy (non-hydrogen) atoms. The number of hydrogen-bond acceptors (Lipinski definition) is 5. The zero-order valence-corrected chi connectivity index (χ0v) is 20.9. The predicted molar refractivity (Wildman–Crippen MR) is 142 cm³/mol. The summed E-state index contributed by atoms with van der Waals surface area (Å²) in [5.74, 6) is -1.42. The number of aliphatic hydroxyl groups excluding tert-OH is 1. The summed E-state index contributed by atoms with van der Waals surface area (Å²) in [5.41, 5.74) is 2.40. The van der Waals surface area contributed by atoms with E-state index in [1.165, 1.54) is 0 Å². The van der Waals surface area contributed by atoms with Gasteiger partial charge >= 0.3 is 6.09 Å². The molecule has 4 atom stereocenters. The summed E-state index contributed by atoms with van der Waals surface area (Å²) in [7, 11) is 1.71. The zero-order chi connectivity index (χ0) is 25.9. The number of imide groups is 1. The van der Waals surface area contributed by atoms with Gasteiger partial charge in [0.1, 0.15) is 6.10 Å². The van der Waals surface area contributed by atoms with Crippen molar-refractivity contribution in [3.8, 4) is 0 Å². The lowest BCUT2D eigenvalue weighted by atomic mass is 9.86. The molecule has 1 aliphatic rings. The molecule has 0 saturated carbocycles. The van der Waals surface area contributed by atoms with Gasteiger partial charge < -0.3 is 9.84 Å². The molecule has 1 saturated heterocycles. The topological polar surface area (TPSA) is 70.1 Å². The molecule has 1 heterocycles. The molecule has 4 aromatic rings. The Morgan fingerprint density at radius 3 is 2.24 bits per heavy atom. The van der Waals surface area contributed by atoms with E-state index in [2.05, 4.69) is 0 Å². The first-order valence-corrected chi connectivity index (χ1v) is 12.5. The molecule has 0 aromatic heterocycles. The van der Waals surface area contributed by atoms with Crippen LogP contribution in [-0.2, 0) is 16.0 Å². The van der Waals surface area contributed by atoms with Crippen LogP contribution in [-0.4, -0.2) is 40.2 Å². The largest absolute Gasteiger partial charge is 0.438 e. The first kappa shape index (κ1) is 24.7. The smallest absolute Gasteiger partial charge is 0.432 e. The first-order chi connectivity index (χ1) is 18.0. The number of carbonyl (C=O) groups is 2. The number of hydrogen-bond donors (Lipinski definition) is 1. The fraction of sp³-hybridized carbons (Fsp3) is 0.226. The minimum atomic E-state index is -1.14. The number of hydrazine groups is 1. The highest BCUT2D eigenvalue weighted by Crippen LogP contribution is 2.36. The number of cyclic esters (lactones) is 1. The lowest BCUT2D eigenvalue weighted by Crippen LogP contribution is -2.60. The van der Waals surface area contributed by atoms with Crippen molar-refractivity contribution in [2.45, 2.75) is 31.6 Å². The van der Waals surface area contributed by atoms with E-state index in [-0.39, 0.29) is 12.5 Å². The van der Waals surface area contributed by atoms with E-state index in [1.54, 1.807) is 12.1 Å². The molecule has 188 valence electrons. The van der Waals surface area contributed by atoms with E-state index in [0.717, 1.165) is 26.9 Å². The summed E-state index contributed by atoms with van der Waals surface area (Å²) in [5, 5.41) is 16.2. The fourth-order valence-corrected chi connectivity index (χ4v) is 5.08. The molecule has 0 radical (unpaired) electrons. The van der Waals surface area contributed by atoms with Crippen molar-refractivity contribution >= 4 is 22.8 Å². The second kappa shape index (κ2) is 10.5. The normalized spacial score (nSPS) is 19.9. The first-order valence-electron chi connectivity index (χ1n) is 12.5. The zero-order valence-electron chi connectivity index (χ0n) is 20.9. The van der Waals surface area contributed by atoms with Gasteiger partial charge in [-0.2, -0.15) is 5.01 Å². The average Bonchev–Trinajstić information content (AvgIpc) is 2.94. The minimum absolute atomic E-state index is 0.262. The summed E-state index contributed by atoms with van der Waals surface area (Å²) >= 11 is 0. The number of nitrogens with zero attached hydrogens (tertiary/aromatic N) is 2. The van der Waals surface area contributed by atoms with Gasteiger partial charge in [-0.15, -0.1) is 0 Å².